The van der Waals surface area contributed by atoms with Gasteiger partial charge in [0.05, 0.1) is 6.10 Å². The minimum absolute atomic E-state index is 0.0951. The zero-order valence-corrected chi connectivity index (χ0v) is 11.6. The van der Waals surface area contributed by atoms with Crippen LogP contribution < -0.4 is 5.32 Å². The van der Waals surface area contributed by atoms with Gasteiger partial charge in [-0.25, -0.2) is 0 Å². The number of aliphatic hydroxyl groups excluding tert-OH is 1. The van der Waals surface area contributed by atoms with Crippen molar-refractivity contribution in [3.8, 4) is 0 Å². The van der Waals surface area contributed by atoms with Crippen LogP contribution in [-0.2, 0) is 11.2 Å². The quantitative estimate of drug-likeness (QED) is 0.872. The lowest BCUT2D eigenvalue weighted by molar-refractivity contribution is -0.132. The number of amides is 1. The maximum Gasteiger partial charge on any atom is 0.223 e. The van der Waals surface area contributed by atoms with E-state index in [9.17, 15) is 9.90 Å². The molecule has 1 aliphatic heterocycles. The summed E-state index contributed by atoms with van der Waals surface area (Å²) in [7, 11) is 0. The molecule has 1 atom stereocenters. The van der Waals surface area contributed by atoms with E-state index in [1.54, 1.807) is 4.90 Å². The Kier molecular flexibility index (Phi) is 5.19. The van der Waals surface area contributed by atoms with Crippen LogP contribution in [0.15, 0.2) is 24.3 Å². The lowest BCUT2D eigenvalue weighted by Crippen LogP contribution is -2.37. The molecule has 0 bridgehead atoms. The number of hydrogen-bond acceptors (Lipinski definition) is 3. The van der Waals surface area contributed by atoms with Crippen LogP contribution in [0.2, 0.25) is 5.02 Å². The predicted molar refractivity (Wildman–Crippen MR) is 75.2 cm³/mol. The molecule has 0 aromatic heterocycles. The second-order valence-electron chi connectivity index (χ2n) is 4.82. The summed E-state index contributed by atoms with van der Waals surface area (Å²) in [4.78, 5) is 13.8. The first-order chi connectivity index (χ1) is 9.15. The number of benzene rings is 1. The highest BCUT2D eigenvalue weighted by atomic mass is 35.5. The molecule has 0 radical (unpaired) electrons. The number of carbonyl (C=O) groups excluding carboxylic acids is 1. The lowest BCUT2D eigenvalue weighted by atomic mass is 10.1. The summed E-state index contributed by atoms with van der Waals surface area (Å²) in [6.07, 6.45) is 0.701. The van der Waals surface area contributed by atoms with Gasteiger partial charge in [0.1, 0.15) is 0 Å². The number of β-amino-alcohol motifs (C(OH)–C–C–N with tert-alkyl or cyclic N) is 1. The molecular formula is C14H19ClN2O2. The smallest absolute Gasteiger partial charge is 0.223 e. The first-order valence-corrected chi connectivity index (χ1v) is 6.94. The van der Waals surface area contributed by atoms with Crippen molar-refractivity contribution >= 4 is 17.5 Å². The van der Waals surface area contributed by atoms with E-state index in [-0.39, 0.29) is 5.91 Å². The fraction of sp³-hybridized carbons (Fsp3) is 0.500. The third-order valence-corrected chi connectivity index (χ3v) is 3.52. The standard InChI is InChI=1S/C14H19ClN2O2/c15-12-4-1-11(2-5-12)3-6-14(19)17-8-7-16-9-13(18)10-17/h1-2,4-5,13,16,18H,3,6-10H2/t13-/m0/s1. The van der Waals surface area contributed by atoms with Crippen LogP contribution in [0.5, 0.6) is 0 Å². The monoisotopic (exact) mass is 282 g/mol. The summed E-state index contributed by atoms with van der Waals surface area (Å²) in [5, 5.41) is 13.5. The van der Waals surface area contributed by atoms with Gasteiger partial charge in [0, 0.05) is 37.6 Å². The summed E-state index contributed by atoms with van der Waals surface area (Å²) < 4.78 is 0. The molecule has 104 valence electrons. The second kappa shape index (κ2) is 6.89. The maximum atomic E-state index is 12.1. The summed E-state index contributed by atoms with van der Waals surface area (Å²) in [6.45, 7) is 2.38. The highest BCUT2D eigenvalue weighted by molar-refractivity contribution is 6.30. The van der Waals surface area contributed by atoms with E-state index in [1.165, 1.54) is 0 Å². The molecule has 1 amide bonds. The van der Waals surface area contributed by atoms with Gasteiger partial charge < -0.3 is 15.3 Å². The zero-order chi connectivity index (χ0) is 13.7. The molecule has 0 aliphatic carbocycles. The SMILES string of the molecule is O=C(CCc1ccc(Cl)cc1)N1CCNC[C@H](O)C1. The molecule has 0 saturated carbocycles. The number of halogens is 1. The molecule has 2 N–H and O–H groups in total. The Labute approximate surface area is 118 Å². The predicted octanol–water partition coefficient (Wildman–Crippen LogP) is 1.07. The average molecular weight is 283 g/mol. The Morgan fingerprint density at radius 3 is 2.89 bits per heavy atom. The van der Waals surface area contributed by atoms with Crippen molar-refractivity contribution in [1.82, 2.24) is 10.2 Å². The van der Waals surface area contributed by atoms with E-state index >= 15 is 0 Å². The van der Waals surface area contributed by atoms with Gasteiger partial charge in [-0.1, -0.05) is 23.7 Å². The molecule has 1 fully saturated rings. The molecule has 0 spiro atoms. The molecule has 1 heterocycles. The second-order valence-corrected chi connectivity index (χ2v) is 5.26. The molecular weight excluding hydrogens is 264 g/mol. The van der Waals surface area contributed by atoms with Crippen LogP contribution in [0, 0.1) is 0 Å². The van der Waals surface area contributed by atoms with Crippen LogP contribution in [0.4, 0.5) is 0 Å². The third-order valence-electron chi connectivity index (χ3n) is 3.26. The van der Waals surface area contributed by atoms with Crippen molar-refractivity contribution in [2.75, 3.05) is 26.2 Å². The molecule has 1 aromatic rings. The number of nitrogens with zero attached hydrogens (tertiary/aromatic N) is 1. The summed E-state index contributed by atoms with van der Waals surface area (Å²) in [5.41, 5.74) is 1.10. The topological polar surface area (TPSA) is 52.6 Å². The largest absolute Gasteiger partial charge is 0.390 e. The molecule has 4 nitrogen and oxygen atoms in total. The van der Waals surface area contributed by atoms with Crippen molar-refractivity contribution in [1.29, 1.82) is 0 Å². The van der Waals surface area contributed by atoms with Crippen molar-refractivity contribution in [3.63, 3.8) is 0 Å². The van der Waals surface area contributed by atoms with Gasteiger partial charge in [-0.05, 0) is 24.1 Å². The number of rotatable bonds is 3. The molecule has 5 heteroatoms. The number of aryl methyl sites for hydroxylation is 1. The van der Waals surface area contributed by atoms with Gasteiger partial charge in [-0.3, -0.25) is 4.79 Å². The van der Waals surface area contributed by atoms with Gasteiger partial charge in [-0.15, -0.1) is 0 Å². The molecule has 19 heavy (non-hydrogen) atoms. The summed E-state index contributed by atoms with van der Waals surface area (Å²) in [6, 6.07) is 7.55. The van der Waals surface area contributed by atoms with Gasteiger partial charge >= 0.3 is 0 Å². The van der Waals surface area contributed by atoms with E-state index in [2.05, 4.69) is 5.32 Å². The first-order valence-electron chi connectivity index (χ1n) is 6.56. The van der Waals surface area contributed by atoms with E-state index in [0.29, 0.717) is 37.5 Å². The Hall–Kier alpha value is -1.10. The number of hydrogen-bond donors (Lipinski definition) is 2. The van der Waals surface area contributed by atoms with Gasteiger partial charge in [0.15, 0.2) is 0 Å². The van der Waals surface area contributed by atoms with Crippen LogP contribution in [0.25, 0.3) is 0 Å². The van der Waals surface area contributed by atoms with Gasteiger partial charge in [0.25, 0.3) is 0 Å². The fourth-order valence-corrected chi connectivity index (χ4v) is 2.31. The van der Waals surface area contributed by atoms with E-state index in [0.717, 1.165) is 12.1 Å². The lowest BCUT2D eigenvalue weighted by Gasteiger charge is -2.21. The highest BCUT2D eigenvalue weighted by Gasteiger charge is 2.19. The van der Waals surface area contributed by atoms with Crippen LogP contribution >= 0.6 is 11.6 Å². The van der Waals surface area contributed by atoms with Crippen molar-refractivity contribution < 1.29 is 9.90 Å². The molecule has 1 saturated heterocycles. The zero-order valence-electron chi connectivity index (χ0n) is 10.8. The minimum atomic E-state index is -0.470. The van der Waals surface area contributed by atoms with Crippen molar-refractivity contribution in [2.45, 2.75) is 18.9 Å². The minimum Gasteiger partial charge on any atom is -0.390 e. The van der Waals surface area contributed by atoms with E-state index < -0.39 is 6.10 Å². The summed E-state index contributed by atoms with van der Waals surface area (Å²) >= 11 is 5.82. The van der Waals surface area contributed by atoms with Crippen molar-refractivity contribution in [2.24, 2.45) is 0 Å². The normalized spacial score (nSPS) is 20.1. The third kappa shape index (κ3) is 4.49. The molecule has 2 rings (SSSR count). The number of nitrogens with one attached hydrogen (secondary N) is 1. The van der Waals surface area contributed by atoms with Crippen LogP contribution in [0.3, 0.4) is 0 Å². The number of aliphatic hydroxyl groups is 1. The average Bonchev–Trinajstić information content (AvgIpc) is 2.62. The highest BCUT2D eigenvalue weighted by Crippen LogP contribution is 2.12. The molecule has 1 aliphatic rings. The Morgan fingerprint density at radius 1 is 1.42 bits per heavy atom. The van der Waals surface area contributed by atoms with E-state index in [1.807, 2.05) is 24.3 Å². The fourth-order valence-electron chi connectivity index (χ4n) is 2.18. The molecule has 1 aromatic carbocycles. The Balaban J connectivity index is 1.84. The molecule has 0 unspecified atom stereocenters. The van der Waals surface area contributed by atoms with Crippen LogP contribution in [-0.4, -0.2) is 48.2 Å². The van der Waals surface area contributed by atoms with Gasteiger partial charge in [-0.2, -0.15) is 0 Å². The Morgan fingerprint density at radius 2 is 2.16 bits per heavy atom. The van der Waals surface area contributed by atoms with Crippen molar-refractivity contribution in [3.05, 3.63) is 34.9 Å². The summed E-state index contributed by atoms with van der Waals surface area (Å²) in [5.74, 6) is 0.0951. The maximum absolute atomic E-state index is 12.1. The van der Waals surface area contributed by atoms with Crippen LogP contribution in [0.1, 0.15) is 12.0 Å². The van der Waals surface area contributed by atoms with E-state index in [4.69, 9.17) is 11.6 Å². The van der Waals surface area contributed by atoms with Gasteiger partial charge in [0.2, 0.25) is 5.91 Å². The Bertz CT molecular complexity index is 422. The first kappa shape index (κ1) is 14.3. The number of carbonyl (C=O) groups is 1.